The fourth-order valence-electron chi connectivity index (χ4n) is 2.05. The van der Waals surface area contributed by atoms with E-state index in [-0.39, 0.29) is 30.7 Å². The van der Waals surface area contributed by atoms with Gasteiger partial charge in [0.25, 0.3) is 0 Å². The number of ether oxygens (including phenoxy) is 1. The van der Waals surface area contributed by atoms with Crippen molar-refractivity contribution in [2.75, 3.05) is 20.7 Å². The van der Waals surface area contributed by atoms with Crippen molar-refractivity contribution < 1.29 is 9.84 Å². The smallest absolute Gasteiger partial charge is 0.0847 e. The van der Waals surface area contributed by atoms with Crippen molar-refractivity contribution in [1.29, 1.82) is 0 Å². The summed E-state index contributed by atoms with van der Waals surface area (Å²) in [5.41, 5.74) is 0. The number of rotatable bonds is 3. The summed E-state index contributed by atoms with van der Waals surface area (Å²) in [4.78, 5) is 0. The molecule has 0 saturated carbocycles. The molecule has 4 nitrogen and oxygen atoms in total. The van der Waals surface area contributed by atoms with Crippen LogP contribution in [-0.2, 0) is 4.74 Å². The zero-order chi connectivity index (χ0) is 10.1. The van der Waals surface area contributed by atoms with Gasteiger partial charge in [0.05, 0.1) is 12.2 Å². The zero-order valence-electron chi connectivity index (χ0n) is 8.50. The van der Waals surface area contributed by atoms with Crippen molar-refractivity contribution in [2.24, 2.45) is 16.9 Å². The monoisotopic (exact) mass is 196 g/mol. The summed E-state index contributed by atoms with van der Waals surface area (Å²) in [6.45, 7) is 0.162. The minimum Gasteiger partial charge on any atom is -0.396 e. The first-order valence-corrected chi connectivity index (χ1v) is 4.88. The van der Waals surface area contributed by atoms with Gasteiger partial charge in [0, 0.05) is 38.8 Å². The summed E-state index contributed by atoms with van der Waals surface area (Å²) in [6.07, 6.45) is 6.17. The molecule has 2 rings (SSSR count). The first-order chi connectivity index (χ1) is 6.72. The van der Waals surface area contributed by atoms with Crippen molar-refractivity contribution in [1.82, 2.24) is 5.01 Å². The largest absolute Gasteiger partial charge is 0.396 e. The van der Waals surface area contributed by atoms with Gasteiger partial charge in [0.2, 0.25) is 0 Å². The van der Waals surface area contributed by atoms with Crippen LogP contribution in [0.4, 0.5) is 0 Å². The van der Waals surface area contributed by atoms with Gasteiger partial charge in [-0.1, -0.05) is 12.2 Å². The fraction of sp³-hybridized carbons (Fsp3) is 0.700. The van der Waals surface area contributed by atoms with Gasteiger partial charge < -0.3 is 14.9 Å². The van der Waals surface area contributed by atoms with Gasteiger partial charge in [-0.05, 0) is 0 Å². The number of nitrogens with zero attached hydrogens (tertiary/aromatic N) is 2. The van der Waals surface area contributed by atoms with Gasteiger partial charge in [0.15, 0.2) is 0 Å². The molecule has 1 N–H and O–H groups in total. The van der Waals surface area contributed by atoms with Crippen LogP contribution in [0.15, 0.2) is 17.3 Å². The van der Waals surface area contributed by atoms with Crippen LogP contribution in [0, 0.1) is 11.8 Å². The molecule has 1 saturated heterocycles. The molecule has 0 spiro atoms. The van der Waals surface area contributed by atoms with Gasteiger partial charge in [-0.15, -0.1) is 0 Å². The quantitative estimate of drug-likeness (QED) is 0.395. The highest BCUT2D eigenvalue weighted by molar-refractivity contribution is 5.64. The third-order valence-corrected chi connectivity index (χ3v) is 2.78. The fourth-order valence-corrected chi connectivity index (χ4v) is 2.05. The highest BCUT2D eigenvalue weighted by Gasteiger charge is 2.44. The third kappa shape index (κ3) is 1.55. The minimum absolute atomic E-state index is 0.0867. The molecule has 0 amide bonds. The van der Waals surface area contributed by atoms with Crippen LogP contribution in [-0.4, -0.2) is 49.2 Å². The molecule has 0 radical (unpaired) electrons. The highest BCUT2D eigenvalue weighted by atomic mass is 16.5. The van der Waals surface area contributed by atoms with Crippen molar-refractivity contribution in [3.63, 3.8) is 0 Å². The summed E-state index contributed by atoms with van der Waals surface area (Å²) in [5.74, 6) is 0.395. The van der Waals surface area contributed by atoms with E-state index in [0.717, 1.165) is 0 Å². The Labute approximate surface area is 83.9 Å². The number of aliphatic hydroxyl groups excluding tert-OH is 1. The summed E-state index contributed by atoms with van der Waals surface area (Å²) in [5, 5.41) is 15.2. The second-order valence-electron chi connectivity index (χ2n) is 3.99. The van der Waals surface area contributed by atoms with E-state index in [4.69, 9.17) is 4.74 Å². The average molecular weight is 196 g/mol. The molecule has 0 aromatic rings. The van der Waals surface area contributed by atoms with Crippen LogP contribution >= 0.6 is 0 Å². The Bertz CT molecular complexity index is 263. The minimum atomic E-state index is 0.0867. The van der Waals surface area contributed by atoms with Crippen molar-refractivity contribution in [2.45, 2.75) is 12.2 Å². The average Bonchev–Trinajstić information content (AvgIpc) is 2.72. The van der Waals surface area contributed by atoms with E-state index in [1.807, 2.05) is 26.4 Å². The molecule has 0 aromatic carbocycles. The van der Waals surface area contributed by atoms with Crippen LogP contribution in [0.3, 0.4) is 0 Å². The summed E-state index contributed by atoms with van der Waals surface area (Å²) >= 11 is 0. The molecule has 0 unspecified atom stereocenters. The zero-order valence-corrected chi connectivity index (χ0v) is 8.50. The van der Waals surface area contributed by atoms with Crippen LogP contribution in [0.5, 0.6) is 0 Å². The van der Waals surface area contributed by atoms with Crippen molar-refractivity contribution in [3.05, 3.63) is 12.2 Å². The van der Waals surface area contributed by atoms with E-state index in [1.54, 1.807) is 5.01 Å². The second kappa shape index (κ2) is 3.71. The van der Waals surface area contributed by atoms with Gasteiger partial charge in [0.1, 0.15) is 0 Å². The lowest BCUT2D eigenvalue weighted by atomic mass is 9.84. The maximum atomic E-state index is 9.23. The summed E-state index contributed by atoms with van der Waals surface area (Å²) < 4.78 is 5.64. The van der Waals surface area contributed by atoms with E-state index in [2.05, 4.69) is 11.2 Å². The highest BCUT2D eigenvalue weighted by Crippen LogP contribution is 2.37. The number of hydrazone groups is 1. The first-order valence-electron chi connectivity index (χ1n) is 4.88. The SMILES string of the molecule is CN(C)/N=C/[C@@H]1[C@H](CO)[C@@H]2C=C[C@H]1O2. The van der Waals surface area contributed by atoms with Gasteiger partial charge in [-0.25, -0.2) is 0 Å². The Morgan fingerprint density at radius 1 is 1.43 bits per heavy atom. The van der Waals surface area contributed by atoms with Gasteiger partial charge >= 0.3 is 0 Å². The number of hydrogen-bond donors (Lipinski definition) is 1. The lowest BCUT2D eigenvalue weighted by Gasteiger charge is -2.19. The van der Waals surface area contributed by atoms with E-state index < -0.39 is 0 Å². The van der Waals surface area contributed by atoms with E-state index in [0.29, 0.717) is 0 Å². The molecule has 0 aromatic heterocycles. The lowest BCUT2D eigenvalue weighted by Crippen LogP contribution is -2.28. The molecule has 2 aliphatic heterocycles. The van der Waals surface area contributed by atoms with E-state index in [9.17, 15) is 5.11 Å². The predicted molar refractivity (Wildman–Crippen MR) is 54.0 cm³/mol. The molecule has 2 aliphatic rings. The van der Waals surface area contributed by atoms with E-state index >= 15 is 0 Å². The maximum absolute atomic E-state index is 9.23. The Balaban J connectivity index is 2.07. The lowest BCUT2D eigenvalue weighted by molar-refractivity contribution is 0.0946. The van der Waals surface area contributed by atoms with Crippen molar-refractivity contribution >= 4 is 6.21 Å². The molecular weight excluding hydrogens is 180 g/mol. The summed E-state index contributed by atoms with van der Waals surface area (Å²) in [6, 6.07) is 0. The number of aliphatic hydroxyl groups is 1. The van der Waals surface area contributed by atoms with Crippen LogP contribution < -0.4 is 0 Å². The Morgan fingerprint density at radius 3 is 2.79 bits per heavy atom. The predicted octanol–water partition coefficient (Wildman–Crippen LogP) is 0.0957. The Hall–Kier alpha value is -0.870. The standard InChI is InChI=1S/C10H16N2O2/c1-12(2)11-5-7-8(6-13)10-4-3-9(7)14-10/h3-5,7-10,13H,6H2,1-2H3/b11-5+/t7-,8+,9-,10+/m1/s1. The van der Waals surface area contributed by atoms with Crippen molar-refractivity contribution in [3.8, 4) is 0 Å². The number of hydrogen-bond acceptors (Lipinski definition) is 4. The van der Waals surface area contributed by atoms with Crippen LogP contribution in [0.25, 0.3) is 0 Å². The van der Waals surface area contributed by atoms with Crippen LogP contribution in [0.1, 0.15) is 0 Å². The molecule has 4 heteroatoms. The molecule has 78 valence electrons. The molecule has 2 heterocycles. The van der Waals surface area contributed by atoms with E-state index in [1.165, 1.54) is 0 Å². The molecule has 2 bridgehead atoms. The maximum Gasteiger partial charge on any atom is 0.0847 e. The Morgan fingerprint density at radius 2 is 2.14 bits per heavy atom. The van der Waals surface area contributed by atoms with Gasteiger partial charge in [-0.3, -0.25) is 0 Å². The summed E-state index contributed by atoms with van der Waals surface area (Å²) in [7, 11) is 3.77. The first kappa shape index (κ1) is 9.68. The topological polar surface area (TPSA) is 45.1 Å². The third-order valence-electron chi connectivity index (χ3n) is 2.78. The molecule has 0 aliphatic carbocycles. The molecule has 4 atom stereocenters. The molecule has 1 fully saturated rings. The normalized spacial score (nSPS) is 39.9. The second-order valence-corrected chi connectivity index (χ2v) is 3.99. The Kier molecular flexibility index (Phi) is 2.56. The van der Waals surface area contributed by atoms with Gasteiger partial charge in [-0.2, -0.15) is 5.10 Å². The number of fused-ring (bicyclic) bond motifs is 2. The molecule has 14 heavy (non-hydrogen) atoms. The molecular formula is C10H16N2O2. The van der Waals surface area contributed by atoms with Crippen LogP contribution in [0.2, 0.25) is 0 Å².